The van der Waals surface area contributed by atoms with Gasteiger partial charge >= 0.3 is 0 Å². The summed E-state index contributed by atoms with van der Waals surface area (Å²) in [4.78, 5) is 1.45. The van der Waals surface area contributed by atoms with E-state index in [4.69, 9.17) is 5.73 Å². The molecule has 1 aromatic rings. The number of rotatable bonds is 4. The maximum atomic E-state index is 5.45. The van der Waals surface area contributed by atoms with Crippen molar-refractivity contribution in [2.75, 3.05) is 6.54 Å². The maximum absolute atomic E-state index is 5.45. The van der Waals surface area contributed by atoms with Crippen LogP contribution in [0.1, 0.15) is 30.6 Å². The van der Waals surface area contributed by atoms with Gasteiger partial charge in [0.2, 0.25) is 0 Å². The quantitative estimate of drug-likeness (QED) is 0.868. The molecule has 1 rings (SSSR count). The molecule has 0 fully saturated rings. The monoisotopic (exact) mass is 247 g/mol. The highest BCUT2D eigenvalue weighted by atomic mass is 79.9. The zero-order valence-electron chi connectivity index (χ0n) is 7.22. The first-order valence-electron chi connectivity index (χ1n) is 4.19. The van der Waals surface area contributed by atoms with Crippen LogP contribution in [0, 0.1) is 0 Å². The minimum absolute atomic E-state index is 0.657. The van der Waals surface area contributed by atoms with Gasteiger partial charge in [-0.05, 0) is 53.4 Å². The van der Waals surface area contributed by atoms with Crippen LogP contribution in [0.25, 0.3) is 0 Å². The van der Waals surface area contributed by atoms with Gasteiger partial charge in [0.15, 0.2) is 0 Å². The topological polar surface area (TPSA) is 26.0 Å². The second-order valence-electron chi connectivity index (χ2n) is 2.97. The fourth-order valence-corrected chi connectivity index (χ4v) is 2.67. The minimum Gasteiger partial charge on any atom is -0.330 e. The van der Waals surface area contributed by atoms with Crippen molar-refractivity contribution in [1.29, 1.82) is 0 Å². The van der Waals surface area contributed by atoms with Crippen molar-refractivity contribution >= 4 is 27.3 Å². The molecule has 12 heavy (non-hydrogen) atoms. The molecule has 1 aromatic heterocycles. The van der Waals surface area contributed by atoms with Crippen LogP contribution in [-0.2, 0) is 0 Å². The van der Waals surface area contributed by atoms with Crippen LogP contribution in [0.15, 0.2) is 15.9 Å². The highest BCUT2D eigenvalue weighted by molar-refractivity contribution is 9.11. The Kier molecular flexibility index (Phi) is 4.26. The van der Waals surface area contributed by atoms with E-state index in [1.165, 1.54) is 15.1 Å². The van der Waals surface area contributed by atoms with Crippen molar-refractivity contribution in [2.45, 2.75) is 25.7 Å². The fraction of sp³-hybridized carbons (Fsp3) is 0.556. The van der Waals surface area contributed by atoms with Gasteiger partial charge in [-0.15, -0.1) is 11.3 Å². The van der Waals surface area contributed by atoms with Crippen molar-refractivity contribution in [3.8, 4) is 0 Å². The van der Waals surface area contributed by atoms with E-state index in [-0.39, 0.29) is 0 Å². The van der Waals surface area contributed by atoms with Gasteiger partial charge in [-0.2, -0.15) is 0 Å². The van der Waals surface area contributed by atoms with Crippen LogP contribution < -0.4 is 5.73 Å². The predicted octanol–water partition coefficient (Wildman–Crippen LogP) is 3.35. The first kappa shape index (κ1) is 10.2. The second-order valence-corrected chi connectivity index (χ2v) is 5.47. The fourth-order valence-electron chi connectivity index (χ4n) is 1.16. The number of hydrogen-bond acceptors (Lipinski definition) is 2. The first-order valence-corrected chi connectivity index (χ1v) is 5.80. The molecule has 68 valence electrons. The molecule has 2 N–H and O–H groups in total. The number of thiophene rings is 1. The summed E-state index contributed by atoms with van der Waals surface area (Å²) < 4.78 is 1.22. The Morgan fingerprint density at radius 2 is 2.33 bits per heavy atom. The van der Waals surface area contributed by atoms with Crippen molar-refractivity contribution in [2.24, 2.45) is 5.73 Å². The van der Waals surface area contributed by atoms with E-state index in [1.807, 2.05) is 11.3 Å². The average Bonchev–Trinajstić information content (AvgIpc) is 2.47. The predicted molar refractivity (Wildman–Crippen MR) is 58.7 cm³/mol. The Hall–Kier alpha value is 0.140. The number of hydrogen-bond donors (Lipinski definition) is 1. The van der Waals surface area contributed by atoms with Crippen LogP contribution in [0.3, 0.4) is 0 Å². The highest BCUT2D eigenvalue weighted by Gasteiger charge is 2.06. The van der Waals surface area contributed by atoms with Crippen molar-refractivity contribution in [3.05, 3.63) is 20.8 Å². The van der Waals surface area contributed by atoms with Crippen LogP contribution >= 0.6 is 27.3 Å². The van der Waals surface area contributed by atoms with Gasteiger partial charge in [-0.25, -0.2) is 0 Å². The van der Waals surface area contributed by atoms with Crippen LogP contribution in [0.2, 0.25) is 0 Å². The zero-order chi connectivity index (χ0) is 8.97. The molecule has 1 atom stereocenters. The Morgan fingerprint density at radius 1 is 1.58 bits per heavy atom. The van der Waals surface area contributed by atoms with E-state index in [2.05, 4.69) is 35.0 Å². The molecule has 0 aliphatic heterocycles. The molecular formula is C9H14BrNS. The number of nitrogens with two attached hydrogens (primary N) is 1. The average molecular weight is 248 g/mol. The second kappa shape index (κ2) is 5.00. The molecule has 3 heteroatoms. The van der Waals surface area contributed by atoms with Gasteiger partial charge in [0.1, 0.15) is 0 Å². The summed E-state index contributed by atoms with van der Waals surface area (Å²) in [7, 11) is 0. The Morgan fingerprint density at radius 3 is 2.83 bits per heavy atom. The third-order valence-electron chi connectivity index (χ3n) is 1.92. The largest absolute Gasteiger partial charge is 0.330 e. The molecule has 0 aliphatic rings. The molecule has 0 saturated heterocycles. The molecule has 0 saturated carbocycles. The summed E-state index contributed by atoms with van der Waals surface area (Å²) in [5.41, 5.74) is 5.45. The normalized spacial score (nSPS) is 13.2. The lowest BCUT2D eigenvalue weighted by molar-refractivity contribution is 0.649. The molecule has 0 radical (unpaired) electrons. The van der Waals surface area contributed by atoms with Gasteiger partial charge in [0.25, 0.3) is 0 Å². The van der Waals surface area contributed by atoms with Crippen molar-refractivity contribution in [3.63, 3.8) is 0 Å². The minimum atomic E-state index is 0.657. The van der Waals surface area contributed by atoms with Gasteiger partial charge < -0.3 is 5.73 Å². The lowest BCUT2D eigenvalue weighted by Crippen LogP contribution is -2.00. The number of halogens is 1. The molecule has 0 aromatic carbocycles. The summed E-state index contributed by atoms with van der Waals surface area (Å²) in [6, 6.07) is 4.30. The Labute approximate surface area is 86.1 Å². The first-order chi connectivity index (χ1) is 5.74. The van der Waals surface area contributed by atoms with E-state index in [0.717, 1.165) is 13.0 Å². The van der Waals surface area contributed by atoms with Gasteiger partial charge in [0, 0.05) is 4.88 Å². The lowest BCUT2D eigenvalue weighted by atomic mass is 10.0. The molecular weight excluding hydrogens is 234 g/mol. The van der Waals surface area contributed by atoms with Crippen LogP contribution in [0.5, 0.6) is 0 Å². The molecule has 1 heterocycles. The molecule has 0 amide bonds. The lowest BCUT2D eigenvalue weighted by Gasteiger charge is -2.06. The SMILES string of the molecule is CC(CCCN)c1ccc(Br)s1. The highest BCUT2D eigenvalue weighted by Crippen LogP contribution is 2.30. The summed E-state index contributed by atoms with van der Waals surface area (Å²) in [5, 5.41) is 0. The van der Waals surface area contributed by atoms with E-state index in [9.17, 15) is 0 Å². The third-order valence-corrected chi connectivity index (χ3v) is 3.78. The summed E-state index contributed by atoms with van der Waals surface area (Å²) >= 11 is 5.28. The van der Waals surface area contributed by atoms with Gasteiger partial charge in [-0.3, -0.25) is 0 Å². The smallest absolute Gasteiger partial charge is 0.0701 e. The summed E-state index contributed by atoms with van der Waals surface area (Å²) in [5.74, 6) is 0.657. The third kappa shape index (κ3) is 2.88. The zero-order valence-corrected chi connectivity index (χ0v) is 9.62. The van der Waals surface area contributed by atoms with E-state index in [0.29, 0.717) is 5.92 Å². The van der Waals surface area contributed by atoms with E-state index >= 15 is 0 Å². The summed E-state index contributed by atoms with van der Waals surface area (Å²) in [6.07, 6.45) is 2.32. The molecule has 0 spiro atoms. The molecule has 1 unspecified atom stereocenters. The van der Waals surface area contributed by atoms with Crippen molar-refractivity contribution < 1.29 is 0 Å². The molecule has 0 bridgehead atoms. The Balaban J connectivity index is 2.47. The van der Waals surface area contributed by atoms with E-state index < -0.39 is 0 Å². The van der Waals surface area contributed by atoms with E-state index in [1.54, 1.807) is 0 Å². The molecule has 0 aliphatic carbocycles. The van der Waals surface area contributed by atoms with Crippen LogP contribution in [0.4, 0.5) is 0 Å². The maximum Gasteiger partial charge on any atom is 0.0701 e. The summed E-state index contributed by atoms with van der Waals surface area (Å²) in [6.45, 7) is 3.06. The standard InChI is InChI=1S/C9H14BrNS/c1-7(3-2-6-11)8-4-5-9(10)12-8/h4-5,7H,2-3,6,11H2,1H3. The Bertz CT molecular complexity index is 234. The van der Waals surface area contributed by atoms with Gasteiger partial charge in [-0.1, -0.05) is 6.92 Å². The van der Waals surface area contributed by atoms with Gasteiger partial charge in [0.05, 0.1) is 3.79 Å². The van der Waals surface area contributed by atoms with Crippen LogP contribution in [-0.4, -0.2) is 6.54 Å². The molecule has 1 nitrogen and oxygen atoms in total. The van der Waals surface area contributed by atoms with Crippen molar-refractivity contribution in [1.82, 2.24) is 0 Å².